The molecular formula is C29H31ClF3NO6. The van der Waals surface area contributed by atoms with Crippen LogP contribution in [0, 0.1) is 21.7 Å². The first kappa shape index (κ1) is 28.6. The highest BCUT2D eigenvalue weighted by molar-refractivity contribution is 6.32. The number of Topliss-reactive ketones (excluding diaryl/α,β-unsaturated/α-hetero) is 1. The normalized spacial score (nSPS) is 35.0. The van der Waals surface area contributed by atoms with Gasteiger partial charge in [0.2, 0.25) is 0 Å². The van der Waals surface area contributed by atoms with Crippen LogP contribution < -0.4 is 4.90 Å². The topological polar surface area (TPSA) is 90.0 Å². The average Bonchev–Trinajstić information content (AvgIpc) is 3.31. The number of ether oxygens (including phenoxy) is 2. The summed E-state index contributed by atoms with van der Waals surface area (Å²) in [5.41, 5.74) is -8.93. The standard InChI is InChI=1S/C29H31ClF3NO6/c1-15-25(6)10-12-27(39-15,23(25,2)3)20(36)34(18-9-8-16(30)14-17(18)19(35)29(31,32)33)21(37)28-13-11-26(7,22(38)40-28)24(28,4)5/h8-9,14H,1,10-13H2,2-7H3. The van der Waals surface area contributed by atoms with Gasteiger partial charge in [-0.05, 0) is 50.8 Å². The summed E-state index contributed by atoms with van der Waals surface area (Å²) in [6.07, 6.45) is -4.39. The summed E-state index contributed by atoms with van der Waals surface area (Å²) in [6.45, 7) is 14.4. The molecule has 0 radical (unpaired) electrons. The van der Waals surface area contributed by atoms with Crippen LogP contribution in [0.4, 0.5) is 18.9 Å². The number of esters is 1. The minimum Gasteiger partial charge on any atom is -0.481 e. The maximum absolute atomic E-state index is 14.8. The molecule has 4 bridgehead atoms. The molecule has 2 amide bonds. The molecule has 2 aliphatic heterocycles. The highest BCUT2D eigenvalue weighted by Crippen LogP contribution is 2.70. The third-order valence-corrected chi connectivity index (χ3v) is 11.4. The maximum atomic E-state index is 14.8. The molecule has 216 valence electrons. The molecule has 1 aromatic carbocycles. The zero-order valence-corrected chi connectivity index (χ0v) is 23.9. The molecule has 40 heavy (non-hydrogen) atoms. The number of imide groups is 1. The molecule has 0 spiro atoms. The Balaban J connectivity index is 1.76. The first-order valence-electron chi connectivity index (χ1n) is 13.1. The van der Waals surface area contributed by atoms with Crippen molar-refractivity contribution in [3.05, 3.63) is 41.1 Å². The predicted octanol–water partition coefficient (Wildman–Crippen LogP) is 6.18. The van der Waals surface area contributed by atoms with E-state index in [4.69, 9.17) is 21.1 Å². The van der Waals surface area contributed by atoms with Gasteiger partial charge >= 0.3 is 12.1 Å². The number of carbonyl (C=O) groups excluding carboxylic acids is 4. The zero-order valence-electron chi connectivity index (χ0n) is 23.2. The van der Waals surface area contributed by atoms with Gasteiger partial charge in [-0.15, -0.1) is 0 Å². The first-order chi connectivity index (χ1) is 18.1. The van der Waals surface area contributed by atoms with Gasteiger partial charge in [-0.2, -0.15) is 13.2 Å². The van der Waals surface area contributed by atoms with Gasteiger partial charge < -0.3 is 9.47 Å². The molecule has 4 atom stereocenters. The Morgan fingerprint density at radius 2 is 1.38 bits per heavy atom. The molecule has 4 fully saturated rings. The average molecular weight is 582 g/mol. The van der Waals surface area contributed by atoms with E-state index in [1.165, 1.54) is 6.07 Å². The number of carbonyl (C=O) groups is 4. The minimum atomic E-state index is -5.33. The van der Waals surface area contributed by atoms with Gasteiger partial charge in [-0.3, -0.25) is 19.2 Å². The van der Waals surface area contributed by atoms with Crippen LogP contribution in [0.15, 0.2) is 30.5 Å². The summed E-state index contributed by atoms with van der Waals surface area (Å²) in [5.74, 6) is -4.58. The lowest BCUT2D eigenvalue weighted by Crippen LogP contribution is -2.63. The molecule has 4 aliphatic rings. The monoisotopic (exact) mass is 581 g/mol. The van der Waals surface area contributed by atoms with Gasteiger partial charge in [-0.1, -0.05) is 52.8 Å². The quantitative estimate of drug-likeness (QED) is 0.240. The van der Waals surface area contributed by atoms with Crippen molar-refractivity contribution in [3.63, 3.8) is 0 Å². The van der Waals surface area contributed by atoms with Gasteiger partial charge in [0, 0.05) is 21.3 Å². The van der Waals surface area contributed by atoms with Gasteiger partial charge in [0.1, 0.15) is 0 Å². The number of benzene rings is 1. The van der Waals surface area contributed by atoms with E-state index in [2.05, 4.69) is 6.58 Å². The second kappa shape index (κ2) is 7.89. The zero-order chi connectivity index (χ0) is 30.1. The SMILES string of the molecule is C=C1OC2(C(=O)N(C(=O)C34CCC(C)(C(=O)O3)C4(C)C)c3ccc(Cl)cc3C(=O)C(F)(F)F)CCC1(C)C2(C)C. The Bertz CT molecular complexity index is 1350. The Morgan fingerprint density at radius 1 is 0.875 bits per heavy atom. The van der Waals surface area contributed by atoms with E-state index < -0.39 is 73.9 Å². The molecule has 2 saturated heterocycles. The number of allylic oxidation sites excluding steroid dienone is 1. The largest absolute Gasteiger partial charge is 0.481 e. The fraction of sp³-hybridized carbons (Fsp3) is 0.586. The van der Waals surface area contributed by atoms with E-state index in [-0.39, 0.29) is 24.3 Å². The lowest BCUT2D eigenvalue weighted by atomic mass is 9.64. The molecular weight excluding hydrogens is 551 g/mol. The van der Waals surface area contributed by atoms with Crippen molar-refractivity contribution in [3.8, 4) is 0 Å². The number of ketones is 1. The van der Waals surface area contributed by atoms with Crippen molar-refractivity contribution in [1.82, 2.24) is 0 Å². The fourth-order valence-corrected chi connectivity index (χ4v) is 7.51. The number of fused-ring (bicyclic) bond motifs is 4. The Hall–Kier alpha value is -2.88. The molecule has 11 heteroatoms. The summed E-state index contributed by atoms with van der Waals surface area (Å²) in [6, 6.07) is 3.00. The number of nitrogens with zero attached hydrogens (tertiary/aromatic N) is 1. The van der Waals surface area contributed by atoms with E-state index in [0.717, 1.165) is 12.1 Å². The second-order valence-electron chi connectivity index (χ2n) is 12.9. The van der Waals surface area contributed by atoms with Crippen LogP contribution in [-0.4, -0.2) is 40.9 Å². The van der Waals surface area contributed by atoms with Crippen LogP contribution in [0.5, 0.6) is 0 Å². The molecule has 2 saturated carbocycles. The summed E-state index contributed by atoms with van der Waals surface area (Å²) >= 11 is 6.00. The van der Waals surface area contributed by atoms with E-state index in [0.29, 0.717) is 17.1 Å². The van der Waals surface area contributed by atoms with Gasteiger partial charge in [0.25, 0.3) is 17.6 Å². The van der Waals surface area contributed by atoms with Crippen LogP contribution in [0.1, 0.15) is 77.6 Å². The van der Waals surface area contributed by atoms with Crippen molar-refractivity contribution in [2.24, 2.45) is 21.7 Å². The van der Waals surface area contributed by atoms with Gasteiger partial charge in [0.05, 0.1) is 22.4 Å². The lowest BCUT2D eigenvalue weighted by Gasteiger charge is -2.43. The number of alkyl halides is 3. The Labute approximate surface area is 235 Å². The summed E-state index contributed by atoms with van der Waals surface area (Å²) in [5, 5.41) is -0.201. The summed E-state index contributed by atoms with van der Waals surface area (Å²) in [4.78, 5) is 55.7. The maximum Gasteiger partial charge on any atom is 0.454 e. The smallest absolute Gasteiger partial charge is 0.454 e. The van der Waals surface area contributed by atoms with Crippen molar-refractivity contribution in [2.45, 2.75) is 84.6 Å². The summed E-state index contributed by atoms with van der Waals surface area (Å²) in [7, 11) is 0. The number of rotatable bonds is 4. The van der Waals surface area contributed by atoms with Crippen molar-refractivity contribution in [2.75, 3.05) is 4.90 Å². The van der Waals surface area contributed by atoms with Crippen molar-refractivity contribution in [1.29, 1.82) is 0 Å². The molecule has 4 unspecified atom stereocenters. The molecule has 0 aromatic heterocycles. The fourth-order valence-electron chi connectivity index (χ4n) is 7.34. The minimum absolute atomic E-state index is 0.0443. The van der Waals surface area contributed by atoms with E-state index in [1.807, 2.05) is 6.92 Å². The number of hydrogen-bond donors (Lipinski definition) is 0. The van der Waals surface area contributed by atoms with Crippen LogP contribution in [0.25, 0.3) is 0 Å². The van der Waals surface area contributed by atoms with Crippen LogP contribution in [0.2, 0.25) is 5.02 Å². The number of amides is 2. The third kappa shape index (κ3) is 3.03. The third-order valence-electron chi connectivity index (χ3n) is 11.2. The van der Waals surface area contributed by atoms with Crippen LogP contribution in [0.3, 0.4) is 0 Å². The summed E-state index contributed by atoms with van der Waals surface area (Å²) < 4.78 is 53.2. The molecule has 5 rings (SSSR count). The first-order valence-corrected chi connectivity index (χ1v) is 13.4. The van der Waals surface area contributed by atoms with Crippen LogP contribution >= 0.6 is 11.6 Å². The van der Waals surface area contributed by atoms with Crippen molar-refractivity contribution < 1.29 is 41.8 Å². The van der Waals surface area contributed by atoms with E-state index in [1.54, 1.807) is 34.6 Å². The molecule has 2 heterocycles. The number of halogens is 4. The molecule has 2 aliphatic carbocycles. The lowest BCUT2D eigenvalue weighted by molar-refractivity contribution is -0.169. The number of hydrogen-bond acceptors (Lipinski definition) is 6. The van der Waals surface area contributed by atoms with Gasteiger partial charge in [0.15, 0.2) is 11.2 Å². The van der Waals surface area contributed by atoms with Crippen LogP contribution in [-0.2, 0) is 23.9 Å². The second-order valence-corrected chi connectivity index (χ2v) is 13.4. The molecule has 7 nitrogen and oxygen atoms in total. The predicted molar refractivity (Wildman–Crippen MR) is 138 cm³/mol. The molecule has 0 N–H and O–H groups in total. The number of anilines is 1. The Morgan fingerprint density at radius 3 is 1.77 bits per heavy atom. The van der Waals surface area contributed by atoms with E-state index >= 15 is 0 Å². The highest BCUT2D eigenvalue weighted by atomic mass is 35.5. The highest BCUT2D eigenvalue weighted by Gasteiger charge is 2.79. The molecule has 1 aromatic rings. The van der Waals surface area contributed by atoms with E-state index in [9.17, 15) is 32.3 Å². The van der Waals surface area contributed by atoms with Gasteiger partial charge in [-0.25, -0.2) is 4.90 Å². The Kier molecular flexibility index (Phi) is 5.65. The van der Waals surface area contributed by atoms with Crippen molar-refractivity contribution >= 4 is 40.9 Å².